The van der Waals surface area contributed by atoms with Crippen LogP contribution in [0.4, 0.5) is 5.82 Å². The number of hydrogen-bond donors (Lipinski definition) is 1. The Bertz CT molecular complexity index is 761. The molecule has 0 bridgehead atoms. The summed E-state index contributed by atoms with van der Waals surface area (Å²) in [5.74, 6) is 0.908. The number of aromatic nitrogens is 2. The van der Waals surface area contributed by atoms with Gasteiger partial charge in [0, 0.05) is 11.1 Å². The fourth-order valence-corrected chi connectivity index (χ4v) is 2.71. The van der Waals surface area contributed by atoms with Gasteiger partial charge in [-0.3, -0.25) is 4.79 Å². The molecular formula is C15H13N3O2S. The highest BCUT2D eigenvalue weighted by Gasteiger charge is 2.17. The Balaban J connectivity index is 1.83. The van der Waals surface area contributed by atoms with Crippen LogP contribution in [0.15, 0.2) is 41.1 Å². The summed E-state index contributed by atoms with van der Waals surface area (Å²) in [6.45, 7) is 3.81. The van der Waals surface area contributed by atoms with E-state index in [2.05, 4.69) is 15.3 Å². The predicted octanol–water partition coefficient (Wildman–Crippen LogP) is 3.67. The highest BCUT2D eigenvalue weighted by Crippen LogP contribution is 2.28. The van der Waals surface area contributed by atoms with Crippen LogP contribution in [0.2, 0.25) is 0 Å². The maximum Gasteiger partial charge on any atom is 0.276 e. The number of nitrogens with one attached hydrogen (secondary N) is 1. The van der Waals surface area contributed by atoms with Crippen LogP contribution in [0.5, 0.6) is 0 Å². The van der Waals surface area contributed by atoms with Crippen LogP contribution in [0, 0.1) is 13.8 Å². The van der Waals surface area contributed by atoms with Crippen molar-refractivity contribution in [2.24, 2.45) is 0 Å². The Morgan fingerprint density at radius 1 is 1.29 bits per heavy atom. The number of aryl methyl sites for hydroxylation is 2. The maximum atomic E-state index is 12.3. The molecular weight excluding hydrogens is 286 g/mol. The van der Waals surface area contributed by atoms with Gasteiger partial charge < -0.3 is 9.73 Å². The number of amides is 1. The second kappa shape index (κ2) is 5.49. The van der Waals surface area contributed by atoms with Crippen molar-refractivity contribution in [3.05, 3.63) is 52.9 Å². The number of furan rings is 1. The first kappa shape index (κ1) is 13.5. The molecule has 3 heterocycles. The molecule has 0 saturated carbocycles. The Kier molecular flexibility index (Phi) is 3.53. The molecule has 0 atom stereocenters. The zero-order valence-electron chi connectivity index (χ0n) is 11.6. The topological polar surface area (TPSA) is 68.0 Å². The monoisotopic (exact) mass is 299 g/mol. The van der Waals surface area contributed by atoms with Gasteiger partial charge in [-0.25, -0.2) is 9.97 Å². The smallest absolute Gasteiger partial charge is 0.276 e. The molecule has 1 amide bonds. The van der Waals surface area contributed by atoms with Gasteiger partial charge in [0.1, 0.15) is 11.5 Å². The fourth-order valence-electron chi connectivity index (χ4n) is 1.83. The Labute approximate surface area is 125 Å². The number of carbonyl (C=O) groups excluding carboxylic acids is 1. The minimum atomic E-state index is -0.266. The van der Waals surface area contributed by atoms with E-state index in [-0.39, 0.29) is 5.91 Å². The summed E-state index contributed by atoms with van der Waals surface area (Å²) < 4.78 is 5.30. The highest BCUT2D eigenvalue weighted by atomic mass is 32.1. The van der Waals surface area contributed by atoms with E-state index >= 15 is 0 Å². The van der Waals surface area contributed by atoms with Crippen LogP contribution in [-0.4, -0.2) is 15.9 Å². The van der Waals surface area contributed by atoms with Gasteiger partial charge in [-0.05, 0) is 37.6 Å². The lowest BCUT2D eigenvalue weighted by Gasteiger charge is -2.02. The van der Waals surface area contributed by atoms with Crippen molar-refractivity contribution in [3.8, 4) is 10.8 Å². The lowest BCUT2D eigenvalue weighted by Crippen LogP contribution is -2.14. The van der Waals surface area contributed by atoms with Crippen molar-refractivity contribution in [2.75, 3.05) is 5.32 Å². The van der Waals surface area contributed by atoms with Crippen molar-refractivity contribution in [2.45, 2.75) is 13.8 Å². The molecule has 3 aromatic rings. The van der Waals surface area contributed by atoms with E-state index in [9.17, 15) is 4.79 Å². The Hall–Kier alpha value is -2.47. The van der Waals surface area contributed by atoms with Gasteiger partial charge in [-0.15, -0.1) is 11.3 Å². The van der Waals surface area contributed by atoms with Gasteiger partial charge in [0.25, 0.3) is 5.91 Å². The number of pyridine rings is 1. The molecule has 0 fully saturated rings. The van der Waals surface area contributed by atoms with Gasteiger partial charge in [0.15, 0.2) is 10.8 Å². The third-order valence-corrected chi connectivity index (χ3v) is 3.88. The molecule has 0 unspecified atom stereocenters. The van der Waals surface area contributed by atoms with Gasteiger partial charge in [-0.1, -0.05) is 6.07 Å². The Morgan fingerprint density at radius 3 is 2.81 bits per heavy atom. The van der Waals surface area contributed by atoms with Crippen molar-refractivity contribution in [1.82, 2.24) is 9.97 Å². The number of hydrogen-bond acceptors (Lipinski definition) is 5. The first-order valence-corrected chi connectivity index (χ1v) is 7.20. The van der Waals surface area contributed by atoms with Gasteiger partial charge in [-0.2, -0.15) is 0 Å². The molecule has 3 rings (SSSR count). The summed E-state index contributed by atoms with van der Waals surface area (Å²) in [6.07, 6.45) is 3.29. The zero-order chi connectivity index (χ0) is 14.8. The van der Waals surface area contributed by atoms with Gasteiger partial charge in [0.05, 0.1) is 6.26 Å². The molecule has 0 aliphatic carbocycles. The average Bonchev–Trinajstić information content (AvgIpc) is 3.10. The van der Waals surface area contributed by atoms with Crippen molar-refractivity contribution in [3.63, 3.8) is 0 Å². The summed E-state index contributed by atoms with van der Waals surface area (Å²) >= 11 is 1.43. The van der Waals surface area contributed by atoms with E-state index in [1.165, 1.54) is 11.3 Å². The average molecular weight is 299 g/mol. The lowest BCUT2D eigenvalue weighted by molar-refractivity contribution is 0.102. The molecule has 6 heteroatoms. The van der Waals surface area contributed by atoms with Crippen LogP contribution >= 0.6 is 11.3 Å². The quantitative estimate of drug-likeness (QED) is 0.801. The summed E-state index contributed by atoms with van der Waals surface area (Å²) in [5, 5.41) is 3.44. The second-order valence-corrected chi connectivity index (χ2v) is 5.78. The van der Waals surface area contributed by atoms with Crippen LogP contribution in [0.1, 0.15) is 20.9 Å². The molecule has 0 saturated heterocycles. The number of rotatable bonds is 3. The minimum Gasteiger partial charge on any atom is -0.462 e. The second-order valence-electron chi connectivity index (χ2n) is 4.58. The largest absolute Gasteiger partial charge is 0.462 e. The molecule has 21 heavy (non-hydrogen) atoms. The summed E-state index contributed by atoms with van der Waals surface area (Å²) in [7, 11) is 0. The lowest BCUT2D eigenvalue weighted by atomic mass is 10.3. The maximum absolute atomic E-state index is 12.3. The third-order valence-electron chi connectivity index (χ3n) is 2.90. The van der Waals surface area contributed by atoms with E-state index in [0.717, 1.165) is 10.4 Å². The molecule has 0 spiro atoms. The number of carbonyl (C=O) groups is 1. The van der Waals surface area contributed by atoms with E-state index < -0.39 is 0 Å². The SMILES string of the molecule is Cc1ccc(NC(=O)c2nc(-c3ccco3)sc2C)nc1. The molecule has 1 N–H and O–H groups in total. The predicted molar refractivity (Wildman–Crippen MR) is 81.5 cm³/mol. The van der Waals surface area contributed by atoms with Crippen molar-refractivity contribution < 1.29 is 9.21 Å². The summed E-state index contributed by atoms with van der Waals surface area (Å²) in [5.41, 5.74) is 1.44. The van der Waals surface area contributed by atoms with Crippen LogP contribution in [0.25, 0.3) is 10.8 Å². The van der Waals surface area contributed by atoms with Crippen molar-refractivity contribution >= 4 is 23.1 Å². The van der Waals surface area contributed by atoms with Gasteiger partial charge in [0.2, 0.25) is 0 Å². The number of anilines is 1. The molecule has 0 aliphatic heterocycles. The molecule has 0 aliphatic rings. The van der Waals surface area contributed by atoms with E-state index in [1.807, 2.05) is 26.0 Å². The normalized spacial score (nSPS) is 10.6. The highest BCUT2D eigenvalue weighted by molar-refractivity contribution is 7.15. The van der Waals surface area contributed by atoms with Gasteiger partial charge >= 0.3 is 0 Å². The number of nitrogens with zero attached hydrogens (tertiary/aromatic N) is 2. The molecule has 0 aromatic carbocycles. The summed E-state index contributed by atoms with van der Waals surface area (Å²) in [6, 6.07) is 7.27. The van der Waals surface area contributed by atoms with E-state index in [0.29, 0.717) is 22.3 Å². The first-order chi connectivity index (χ1) is 10.1. The molecule has 3 aromatic heterocycles. The third kappa shape index (κ3) is 2.85. The standard InChI is InChI=1S/C15H13N3O2S/c1-9-5-6-12(16-8-9)17-14(19)13-10(2)21-15(18-13)11-4-3-7-20-11/h3-8H,1-2H3,(H,16,17,19). The van der Waals surface area contributed by atoms with E-state index in [4.69, 9.17) is 4.42 Å². The first-order valence-electron chi connectivity index (χ1n) is 6.39. The Morgan fingerprint density at radius 2 is 2.14 bits per heavy atom. The van der Waals surface area contributed by atoms with Crippen LogP contribution < -0.4 is 5.32 Å². The molecule has 0 radical (unpaired) electrons. The zero-order valence-corrected chi connectivity index (χ0v) is 12.4. The molecule has 5 nitrogen and oxygen atoms in total. The summed E-state index contributed by atoms with van der Waals surface area (Å²) in [4.78, 5) is 21.6. The fraction of sp³-hybridized carbons (Fsp3) is 0.133. The van der Waals surface area contributed by atoms with Crippen LogP contribution in [-0.2, 0) is 0 Å². The van der Waals surface area contributed by atoms with Crippen LogP contribution in [0.3, 0.4) is 0 Å². The van der Waals surface area contributed by atoms with Crippen molar-refractivity contribution in [1.29, 1.82) is 0 Å². The van der Waals surface area contributed by atoms with E-state index in [1.54, 1.807) is 24.6 Å². The molecule has 106 valence electrons. The number of thiazole rings is 1. The minimum absolute atomic E-state index is 0.266.